The number of methoxy groups -OCH3 is 1. The number of carbonyl (C=O) groups excluding carboxylic acids is 1. The number of nitrogen functional groups attached to an aromatic ring is 1. The van der Waals surface area contributed by atoms with Crippen molar-refractivity contribution in [3.05, 3.63) is 30.0 Å². The highest BCUT2D eigenvalue weighted by Gasteiger charge is 2.17. The van der Waals surface area contributed by atoms with Crippen molar-refractivity contribution >= 4 is 22.6 Å². The molecule has 1 aromatic carbocycles. The number of benzene rings is 1. The summed E-state index contributed by atoms with van der Waals surface area (Å²) >= 11 is 0. The lowest BCUT2D eigenvalue weighted by Gasteiger charge is -2.11. The minimum Gasteiger partial charge on any atom is -0.494 e. The molecule has 18 heavy (non-hydrogen) atoms. The van der Waals surface area contributed by atoms with E-state index >= 15 is 0 Å². The maximum Gasteiger partial charge on any atom is 0.340 e. The van der Waals surface area contributed by atoms with Crippen LogP contribution in [0.4, 0.5) is 5.69 Å². The standard InChI is InChI=1S/C13H14N2O3/c1-3-18-13(16)9-7-10(17-2)12-8(11(9)14)5-4-6-15-12/h4-7H,3,14H2,1-2H3. The van der Waals surface area contributed by atoms with Crippen LogP contribution in [0, 0.1) is 0 Å². The van der Waals surface area contributed by atoms with E-state index in [0.29, 0.717) is 34.5 Å². The van der Waals surface area contributed by atoms with E-state index < -0.39 is 5.97 Å². The van der Waals surface area contributed by atoms with Gasteiger partial charge in [-0.2, -0.15) is 0 Å². The summed E-state index contributed by atoms with van der Waals surface area (Å²) in [5.41, 5.74) is 7.27. The number of nitrogens with two attached hydrogens (primary N) is 1. The van der Waals surface area contributed by atoms with Crippen LogP contribution in [0.25, 0.3) is 10.9 Å². The average molecular weight is 246 g/mol. The first-order valence-corrected chi connectivity index (χ1v) is 5.57. The zero-order valence-corrected chi connectivity index (χ0v) is 10.3. The van der Waals surface area contributed by atoms with Gasteiger partial charge in [-0.25, -0.2) is 4.79 Å². The lowest BCUT2D eigenvalue weighted by molar-refractivity contribution is 0.0527. The Bertz CT molecular complexity index is 596. The molecule has 0 saturated carbocycles. The van der Waals surface area contributed by atoms with Crippen molar-refractivity contribution in [1.82, 2.24) is 4.98 Å². The molecule has 5 heteroatoms. The molecule has 0 saturated heterocycles. The number of nitrogens with zero attached hydrogens (tertiary/aromatic N) is 1. The second-order valence-electron chi connectivity index (χ2n) is 3.66. The Labute approximate surface area is 105 Å². The van der Waals surface area contributed by atoms with Gasteiger partial charge in [0.15, 0.2) is 0 Å². The second kappa shape index (κ2) is 4.91. The number of pyridine rings is 1. The Kier molecular flexibility index (Phi) is 3.32. The van der Waals surface area contributed by atoms with E-state index in [2.05, 4.69) is 4.98 Å². The normalized spacial score (nSPS) is 10.3. The smallest absolute Gasteiger partial charge is 0.340 e. The van der Waals surface area contributed by atoms with Crippen LogP contribution >= 0.6 is 0 Å². The van der Waals surface area contributed by atoms with Crippen molar-refractivity contribution in [3.8, 4) is 5.75 Å². The summed E-state index contributed by atoms with van der Waals surface area (Å²) in [5.74, 6) is 0.0434. The Hall–Kier alpha value is -2.30. The molecule has 0 amide bonds. The van der Waals surface area contributed by atoms with E-state index in [4.69, 9.17) is 15.2 Å². The molecule has 0 bridgehead atoms. The van der Waals surface area contributed by atoms with Crippen LogP contribution < -0.4 is 10.5 Å². The zero-order valence-electron chi connectivity index (χ0n) is 10.3. The first-order valence-electron chi connectivity index (χ1n) is 5.57. The van der Waals surface area contributed by atoms with Crippen molar-refractivity contribution in [1.29, 1.82) is 0 Å². The number of anilines is 1. The Morgan fingerprint density at radius 3 is 2.94 bits per heavy atom. The second-order valence-corrected chi connectivity index (χ2v) is 3.66. The quantitative estimate of drug-likeness (QED) is 0.662. The van der Waals surface area contributed by atoms with Crippen LogP contribution in [0.15, 0.2) is 24.4 Å². The van der Waals surface area contributed by atoms with Gasteiger partial charge in [-0.15, -0.1) is 0 Å². The molecule has 0 fully saturated rings. The van der Waals surface area contributed by atoms with Crippen molar-refractivity contribution in [2.75, 3.05) is 19.5 Å². The maximum absolute atomic E-state index is 11.8. The first kappa shape index (κ1) is 12.2. The third-order valence-corrected chi connectivity index (χ3v) is 2.61. The number of fused-ring (bicyclic) bond motifs is 1. The van der Waals surface area contributed by atoms with Crippen LogP contribution in [0.5, 0.6) is 5.75 Å². The van der Waals surface area contributed by atoms with Gasteiger partial charge < -0.3 is 15.2 Å². The molecule has 0 unspecified atom stereocenters. The summed E-state index contributed by atoms with van der Waals surface area (Å²) in [5, 5.41) is 0.680. The SMILES string of the molecule is CCOC(=O)c1cc(OC)c2ncccc2c1N. The fraction of sp³-hybridized carbons (Fsp3) is 0.231. The number of aromatic nitrogens is 1. The van der Waals surface area contributed by atoms with Gasteiger partial charge >= 0.3 is 5.97 Å². The van der Waals surface area contributed by atoms with E-state index in [1.165, 1.54) is 7.11 Å². The summed E-state index contributed by atoms with van der Waals surface area (Å²) in [6.07, 6.45) is 1.65. The molecule has 0 aliphatic rings. The van der Waals surface area contributed by atoms with E-state index in [1.54, 1.807) is 31.3 Å². The van der Waals surface area contributed by atoms with Gasteiger partial charge in [0.05, 0.1) is 25.0 Å². The number of rotatable bonds is 3. The Balaban J connectivity index is 2.69. The molecule has 0 spiro atoms. The molecule has 0 aliphatic heterocycles. The number of ether oxygens (including phenoxy) is 2. The van der Waals surface area contributed by atoms with Gasteiger partial charge in [0.25, 0.3) is 0 Å². The van der Waals surface area contributed by atoms with Crippen LogP contribution in [-0.2, 0) is 4.74 Å². The summed E-state index contributed by atoms with van der Waals surface area (Å²) in [4.78, 5) is 16.0. The van der Waals surface area contributed by atoms with Crippen LogP contribution in [0.2, 0.25) is 0 Å². The van der Waals surface area contributed by atoms with Crippen molar-refractivity contribution in [2.45, 2.75) is 6.92 Å². The van der Waals surface area contributed by atoms with Crippen molar-refractivity contribution in [3.63, 3.8) is 0 Å². The van der Waals surface area contributed by atoms with Crippen LogP contribution in [-0.4, -0.2) is 24.7 Å². The fourth-order valence-corrected chi connectivity index (χ4v) is 1.77. The molecular formula is C13H14N2O3. The third kappa shape index (κ3) is 1.95. The fourth-order valence-electron chi connectivity index (χ4n) is 1.77. The predicted octanol–water partition coefficient (Wildman–Crippen LogP) is 2.00. The minimum absolute atomic E-state index is 0.297. The predicted molar refractivity (Wildman–Crippen MR) is 68.7 cm³/mol. The highest BCUT2D eigenvalue weighted by atomic mass is 16.5. The number of esters is 1. The molecule has 1 aromatic heterocycles. The largest absolute Gasteiger partial charge is 0.494 e. The van der Waals surface area contributed by atoms with Crippen LogP contribution in [0.1, 0.15) is 17.3 Å². The van der Waals surface area contributed by atoms with E-state index in [-0.39, 0.29) is 0 Å². The number of hydrogen-bond acceptors (Lipinski definition) is 5. The minimum atomic E-state index is -0.459. The average Bonchev–Trinajstić information content (AvgIpc) is 2.40. The third-order valence-electron chi connectivity index (χ3n) is 2.61. The zero-order chi connectivity index (χ0) is 13.1. The summed E-state index contributed by atoms with van der Waals surface area (Å²) in [6, 6.07) is 5.11. The highest BCUT2D eigenvalue weighted by molar-refractivity contribution is 6.06. The first-order chi connectivity index (χ1) is 8.69. The molecule has 2 aromatic rings. The Morgan fingerprint density at radius 1 is 1.50 bits per heavy atom. The topological polar surface area (TPSA) is 74.4 Å². The monoisotopic (exact) mass is 246 g/mol. The molecule has 5 nitrogen and oxygen atoms in total. The lowest BCUT2D eigenvalue weighted by atomic mass is 10.1. The maximum atomic E-state index is 11.8. The van der Waals surface area contributed by atoms with Gasteiger partial charge in [-0.05, 0) is 25.1 Å². The van der Waals surface area contributed by atoms with E-state index in [1.807, 2.05) is 0 Å². The summed E-state index contributed by atoms with van der Waals surface area (Å²) in [6.45, 7) is 2.04. The highest BCUT2D eigenvalue weighted by Crippen LogP contribution is 2.32. The lowest BCUT2D eigenvalue weighted by Crippen LogP contribution is -2.09. The molecule has 0 atom stereocenters. The number of hydrogen-bond donors (Lipinski definition) is 1. The molecule has 0 radical (unpaired) electrons. The van der Waals surface area contributed by atoms with Crippen molar-refractivity contribution < 1.29 is 14.3 Å². The van der Waals surface area contributed by atoms with Crippen LogP contribution in [0.3, 0.4) is 0 Å². The van der Waals surface area contributed by atoms with Gasteiger partial charge in [0.2, 0.25) is 0 Å². The summed E-state index contributed by atoms with van der Waals surface area (Å²) < 4.78 is 10.2. The molecular weight excluding hydrogens is 232 g/mol. The van der Waals surface area contributed by atoms with Gasteiger partial charge in [-0.1, -0.05) is 0 Å². The molecule has 94 valence electrons. The van der Waals surface area contributed by atoms with E-state index in [9.17, 15) is 4.79 Å². The molecule has 2 N–H and O–H groups in total. The summed E-state index contributed by atoms with van der Waals surface area (Å²) in [7, 11) is 1.52. The molecule has 2 rings (SSSR count). The van der Waals surface area contributed by atoms with Gasteiger partial charge in [-0.3, -0.25) is 4.98 Å². The van der Waals surface area contributed by atoms with Gasteiger partial charge in [0.1, 0.15) is 11.3 Å². The van der Waals surface area contributed by atoms with Gasteiger partial charge in [0, 0.05) is 11.6 Å². The molecule has 0 aliphatic carbocycles. The Morgan fingerprint density at radius 2 is 2.28 bits per heavy atom. The van der Waals surface area contributed by atoms with E-state index in [0.717, 1.165) is 0 Å². The number of carbonyl (C=O) groups is 1. The van der Waals surface area contributed by atoms with Crippen molar-refractivity contribution in [2.24, 2.45) is 0 Å². The molecule has 1 heterocycles.